The number of aromatic nitrogens is 2. The molecule has 0 spiro atoms. The number of para-hydroxylation sites is 2. The number of nitrogens with zero attached hydrogens (tertiary/aromatic N) is 2. The molecular formula is C51H38N2O7S2. The molecule has 0 fully saturated rings. The van der Waals surface area contributed by atoms with Crippen LogP contribution in [-0.2, 0) is 26.7 Å². The molecule has 62 heavy (non-hydrogen) atoms. The molecule has 9 nitrogen and oxygen atoms in total. The van der Waals surface area contributed by atoms with E-state index >= 15 is 0 Å². The van der Waals surface area contributed by atoms with E-state index in [-0.39, 0.29) is 19.6 Å². The molecule has 1 heterocycles. The smallest absolute Gasteiger partial charge is 0.206 e. The van der Waals surface area contributed by atoms with E-state index in [1.54, 1.807) is 72.8 Å². The summed E-state index contributed by atoms with van der Waals surface area (Å²) < 4.78 is 73.1. The lowest BCUT2D eigenvalue weighted by atomic mass is 10.1. The van der Waals surface area contributed by atoms with Crippen LogP contribution in [0.5, 0.6) is 34.5 Å². The average molecular weight is 855 g/mol. The summed E-state index contributed by atoms with van der Waals surface area (Å²) in [6.07, 6.45) is 0. The summed E-state index contributed by atoms with van der Waals surface area (Å²) in [7, 11) is -5.43. The Labute approximate surface area is 359 Å². The zero-order chi connectivity index (χ0) is 42.8. The van der Waals surface area contributed by atoms with Crippen LogP contribution in [0.2, 0.25) is 0 Å². The highest BCUT2D eigenvalue weighted by atomic mass is 32.2. The monoisotopic (exact) mass is 854 g/mol. The van der Waals surface area contributed by atoms with Crippen molar-refractivity contribution in [3.8, 4) is 57.0 Å². The first kappa shape index (κ1) is 40.0. The maximum absolute atomic E-state index is 13.5. The number of fused-ring (bicyclic) bond motifs is 1. The first-order valence-electron chi connectivity index (χ1n) is 19.6. The number of imidazole rings is 1. The van der Waals surface area contributed by atoms with Gasteiger partial charge in [0, 0.05) is 12.6 Å². The predicted molar refractivity (Wildman–Crippen MR) is 240 cm³/mol. The molecule has 0 unspecified atom stereocenters. The van der Waals surface area contributed by atoms with Gasteiger partial charge in [-0.25, -0.2) is 21.8 Å². The lowest BCUT2D eigenvalue weighted by molar-refractivity contribution is 0.481. The zero-order valence-corrected chi connectivity index (χ0v) is 35.2. The lowest BCUT2D eigenvalue weighted by Crippen LogP contribution is -2.01. The molecule has 0 N–H and O–H groups in total. The van der Waals surface area contributed by atoms with E-state index < -0.39 is 19.7 Å². The summed E-state index contributed by atoms with van der Waals surface area (Å²) in [5.74, 6) is 4.18. The van der Waals surface area contributed by atoms with Crippen molar-refractivity contribution in [1.29, 1.82) is 0 Å². The van der Waals surface area contributed by atoms with Crippen LogP contribution in [0.25, 0.3) is 33.5 Å². The van der Waals surface area contributed by atoms with Crippen LogP contribution < -0.4 is 14.2 Å². The number of hydrogen-bond donors (Lipinski definition) is 0. The van der Waals surface area contributed by atoms with Gasteiger partial charge in [0.25, 0.3) is 0 Å². The minimum absolute atomic E-state index is 0.141. The van der Waals surface area contributed by atoms with Crippen LogP contribution in [0.4, 0.5) is 0 Å². The van der Waals surface area contributed by atoms with Gasteiger partial charge in [0.05, 0.1) is 30.6 Å². The Morgan fingerprint density at radius 1 is 0.387 bits per heavy atom. The predicted octanol–water partition coefficient (Wildman–Crippen LogP) is 12.3. The van der Waals surface area contributed by atoms with E-state index in [1.807, 2.05) is 111 Å². The van der Waals surface area contributed by atoms with Gasteiger partial charge in [-0.3, -0.25) is 0 Å². The van der Waals surface area contributed by atoms with Gasteiger partial charge in [0.1, 0.15) is 40.3 Å². The molecule has 0 aliphatic heterocycles. The fourth-order valence-electron chi connectivity index (χ4n) is 6.96. The second kappa shape index (κ2) is 16.5. The maximum atomic E-state index is 13.5. The second-order valence-corrected chi connectivity index (χ2v) is 18.5. The van der Waals surface area contributed by atoms with E-state index in [2.05, 4.69) is 4.57 Å². The molecule has 0 radical (unpaired) electrons. The number of ether oxygens (including phenoxy) is 3. The van der Waals surface area contributed by atoms with Crippen molar-refractivity contribution < 1.29 is 31.0 Å². The van der Waals surface area contributed by atoms with Crippen LogP contribution in [0.1, 0.15) is 5.56 Å². The van der Waals surface area contributed by atoms with Crippen LogP contribution in [-0.4, -0.2) is 26.4 Å². The highest BCUT2D eigenvalue weighted by molar-refractivity contribution is 7.91. The van der Waals surface area contributed by atoms with Crippen molar-refractivity contribution in [2.24, 2.45) is 7.05 Å². The number of benzene rings is 8. The van der Waals surface area contributed by atoms with E-state index in [4.69, 9.17) is 19.2 Å². The first-order valence-corrected chi connectivity index (χ1v) is 22.6. The van der Waals surface area contributed by atoms with Crippen molar-refractivity contribution in [3.63, 3.8) is 0 Å². The Morgan fingerprint density at radius 3 is 1.05 bits per heavy atom. The largest absolute Gasteiger partial charge is 0.457 e. The van der Waals surface area contributed by atoms with Crippen LogP contribution in [0.3, 0.4) is 0 Å². The van der Waals surface area contributed by atoms with Gasteiger partial charge < -0.3 is 18.8 Å². The molecule has 0 saturated carbocycles. The Balaban J connectivity index is 0.786. The quantitative estimate of drug-likeness (QED) is 0.119. The number of sulfone groups is 2. The van der Waals surface area contributed by atoms with Crippen molar-refractivity contribution in [2.45, 2.75) is 26.5 Å². The normalized spacial score (nSPS) is 11.6. The third-order valence-corrected chi connectivity index (χ3v) is 14.0. The summed E-state index contributed by atoms with van der Waals surface area (Å²) in [6.45, 7) is 1.91. The van der Waals surface area contributed by atoms with Gasteiger partial charge >= 0.3 is 0 Å². The topological polar surface area (TPSA) is 114 Å². The summed E-state index contributed by atoms with van der Waals surface area (Å²) in [6, 6.07) is 56.5. The molecule has 11 heteroatoms. The Hall–Kier alpha value is -7.47. The van der Waals surface area contributed by atoms with Gasteiger partial charge in [0.15, 0.2) is 0 Å². The third-order valence-electron chi connectivity index (χ3n) is 10.4. The number of aryl methyl sites for hydroxylation is 2. The molecule has 0 atom stereocenters. The van der Waals surface area contributed by atoms with E-state index in [0.29, 0.717) is 34.5 Å². The molecule has 1 aromatic heterocycles. The highest BCUT2D eigenvalue weighted by Gasteiger charge is 2.19. The molecule has 306 valence electrons. The third kappa shape index (κ3) is 8.31. The van der Waals surface area contributed by atoms with E-state index in [1.165, 1.54) is 24.3 Å². The minimum atomic E-state index is -3.80. The molecule has 0 aliphatic rings. The van der Waals surface area contributed by atoms with Crippen molar-refractivity contribution in [3.05, 3.63) is 200 Å². The lowest BCUT2D eigenvalue weighted by Gasteiger charge is -2.10. The molecule has 9 aromatic rings. The van der Waals surface area contributed by atoms with Gasteiger partial charge in [0.2, 0.25) is 19.7 Å². The molecule has 9 rings (SSSR count). The molecule has 0 aliphatic carbocycles. The molecular weight excluding hydrogens is 817 g/mol. The van der Waals surface area contributed by atoms with Gasteiger partial charge in [-0.15, -0.1) is 0 Å². The summed E-state index contributed by atoms with van der Waals surface area (Å²) in [5, 5.41) is 0. The minimum Gasteiger partial charge on any atom is -0.457 e. The Morgan fingerprint density at radius 2 is 0.694 bits per heavy atom. The average Bonchev–Trinajstić information content (AvgIpc) is 3.63. The Kier molecular flexibility index (Phi) is 10.7. The standard InChI is InChI=1S/C51H38N2O7S2/c1-35-7-27-45(28-8-35)61(54,55)46-29-21-42(22-30-46)58-39-15-9-36(10-16-39)37-11-17-40(18-12-37)59-43-23-31-47(32-24-43)62(56,57)48-33-25-44(26-34-48)60-41-19-13-38(14-20-41)51-52-49-5-3-4-6-50(49)53(51)2/h3-34H,1-2H3. The van der Waals surface area contributed by atoms with Crippen molar-refractivity contribution in [1.82, 2.24) is 9.55 Å². The highest BCUT2D eigenvalue weighted by Crippen LogP contribution is 2.33. The summed E-state index contributed by atoms with van der Waals surface area (Å²) >= 11 is 0. The molecule has 8 aromatic carbocycles. The second-order valence-electron chi connectivity index (χ2n) is 14.6. The van der Waals surface area contributed by atoms with Crippen LogP contribution >= 0.6 is 0 Å². The Bertz CT molecular complexity index is 3240. The first-order chi connectivity index (χ1) is 30.0. The zero-order valence-electron chi connectivity index (χ0n) is 33.5. The maximum Gasteiger partial charge on any atom is 0.206 e. The summed E-state index contributed by atoms with van der Waals surface area (Å²) in [5.41, 5.74) is 5.84. The molecule has 0 saturated heterocycles. The number of hydrogen-bond acceptors (Lipinski definition) is 8. The van der Waals surface area contributed by atoms with Crippen LogP contribution in [0, 0.1) is 6.92 Å². The van der Waals surface area contributed by atoms with Gasteiger partial charge in [-0.05, 0) is 164 Å². The van der Waals surface area contributed by atoms with E-state index in [0.717, 1.165) is 39.1 Å². The van der Waals surface area contributed by atoms with Gasteiger partial charge in [-0.2, -0.15) is 0 Å². The van der Waals surface area contributed by atoms with Crippen molar-refractivity contribution >= 4 is 30.7 Å². The fraction of sp³-hybridized carbons (Fsp3) is 0.0392. The number of rotatable bonds is 12. The SMILES string of the molecule is Cc1ccc(S(=O)(=O)c2ccc(Oc3ccc(-c4ccc(Oc5ccc(S(=O)(=O)c6ccc(Oc7ccc(-c8nc9ccccc9n8C)cc7)cc6)cc5)cc4)cc3)cc2)cc1. The fourth-order valence-corrected chi connectivity index (χ4v) is 9.49. The molecule has 0 bridgehead atoms. The molecule has 0 amide bonds. The van der Waals surface area contributed by atoms with E-state index in [9.17, 15) is 16.8 Å². The van der Waals surface area contributed by atoms with Crippen molar-refractivity contribution in [2.75, 3.05) is 0 Å². The summed E-state index contributed by atoms with van der Waals surface area (Å²) in [4.78, 5) is 5.48. The van der Waals surface area contributed by atoms with Gasteiger partial charge in [-0.1, -0.05) is 54.1 Å². The van der Waals surface area contributed by atoms with Crippen LogP contribution in [0.15, 0.2) is 214 Å².